The van der Waals surface area contributed by atoms with Crippen LogP contribution in [-0.2, 0) is 4.79 Å². The van der Waals surface area contributed by atoms with Gasteiger partial charge in [0.25, 0.3) is 5.91 Å². The van der Waals surface area contributed by atoms with Crippen molar-refractivity contribution in [2.45, 2.75) is 32.4 Å². The summed E-state index contributed by atoms with van der Waals surface area (Å²) in [6, 6.07) is 10.6. The van der Waals surface area contributed by atoms with E-state index in [0.29, 0.717) is 10.8 Å². The minimum absolute atomic E-state index is 0.122. The van der Waals surface area contributed by atoms with E-state index < -0.39 is 5.60 Å². The van der Waals surface area contributed by atoms with Gasteiger partial charge >= 0.3 is 0 Å². The molecule has 0 saturated heterocycles. The standard InChI is InChI=1S/C17H19ClN2O2/c1-12(13-8-10-19-11-9-13)20-16(21)17(2,3)22-15-6-4-14(18)5-7-15/h4-12H,1-3H3,(H,20,21). The van der Waals surface area contributed by atoms with Crippen molar-refractivity contribution < 1.29 is 9.53 Å². The van der Waals surface area contributed by atoms with E-state index in [-0.39, 0.29) is 11.9 Å². The Morgan fingerprint density at radius 2 is 1.77 bits per heavy atom. The SMILES string of the molecule is CC(NC(=O)C(C)(C)Oc1ccc(Cl)cc1)c1ccncc1. The topological polar surface area (TPSA) is 51.2 Å². The summed E-state index contributed by atoms with van der Waals surface area (Å²) in [5, 5.41) is 3.58. The second-order valence-electron chi connectivity index (χ2n) is 5.54. The Balaban J connectivity index is 2.02. The Kier molecular flexibility index (Phi) is 5.03. The molecule has 22 heavy (non-hydrogen) atoms. The van der Waals surface area contributed by atoms with Gasteiger partial charge in [-0.1, -0.05) is 11.6 Å². The van der Waals surface area contributed by atoms with Crippen molar-refractivity contribution in [3.8, 4) is 5.75 Å². The van der Waals surface area contributed by atoms with Crippen LogP contribution < -0.4 is 10.1 Å². The lowest BCUT2D eigenvalue weighted by atomic mass is 10.1. The van der Waals surface area contributed by atoms with Gasteiger partial charge < -0.3 is 10.1 Å². The highest BCUT2D eigenvalue weighted by molar-refractivity contribution is 6.30. The van der Waals surface area contributed by atoms with Gasteiger partial charge in [0, 0.05) is 17.4 Å². The molecule has 1 N–H and O–H groups in total. The van der Waals surface area contributed by atoms with Gasteiger partial charge in [0.15, 0.2) is 5.60 Å². The molecule has 1 heterocycles. The van der Waals surface area contributed by atoms with E-state index in [2.05, 4.69) is 10.3 Å². The van der Waals surface area contributed by atoms with Crippen LogP contribution in [0.5, 0.6) is 5.75 Å². The molecule has 0 radical (unpaired) electrons. The highest BCUT2D eigenvalue weighted by Gasteiger charge is 2.31. The number of carbonyl (C=O) groups is 1. The van der Waals surface area contributed by atoms with Crippen LogP contribution in [0.1, 0.15) is 32.4 Å². The van der Waals surface area contributed by atoms with Gasteiger partial charge in [0.1, 0.15) is 5.75 Å². The molecule has 0 aliphatic carbocycles. The summed E-state index contributed by atoms with van der Waals surface area (Å²) in [6.07, 6.45) is 3.40. The summed E-state index contributed by atoms with van der Waals surface area (Å²) in [5.41, 5.74) is 0.000384. The summed E-state index contributed by atoms with van der Waals surface area (Å²) in [4.78, 5) is 16.4. The van der Waals surface area contributed by atoms with Gasteiger partial charge in [-0.3, -0.25) is 9.78 Å². The van der Waals surface area contributed by atoms with E-state index >= 15 is 0 Å². The zero-order chi connectivity index (χ0) is 16.2. The molecule has 2 aromatic rings. The Morgan fingerprint density at radius 1 is 1.18 bits per heavy atom. The normalized spacial score (nSPS) is 12.5. The molecule has 0 bridgehead atoms. The molecular formula is C17H19ClN2O2. The first-order valence-corrected chi connectivity index (χ1v) is 7.42. The molecule has 116 valence electrons. The Morgan fingerprint density at radius 3 is 2.36 bits per heavy atom. The Hall–Kier alpha value is -2.07. The van der Waals surface area contributed by atoms with Crippen LogP contribution in [0, 0.1) is 0 Å². The molecule has 0 aliphatic heterocycles. The van der Waals surface area contributed by atoms with Crippen LogP contribution in [0.25, 0.3) is 0 Å². The fraction of sp³-hybridized carbons (Fsp3) is 0.294. The quantitative estimate of drug-likeness (QED) is 0.913. The van der Waals surface area contributed by atoms with Gasteiger partial charge in [0.2, 0.25) is 0 Å². The van der Waals surface area contributed by atoms with E-state index in [1.165, 1.54) is 0 Å². The monoisotopic (exact) mass is 318 g/mol. The molecule has 1 unspecified atom stereocenters. The number of hydrogen-bond acceptors (Lipinski definition) is 3. The first-order valence-electron chi connectivity index (χ1n) is 7.04. The number of ether oxygens (including phenoxy) is 1. The van der Waals surface area contributed by atoms with E-state index in [0.717, 1.165) is 5.56 Å². The number of rotatable bonds is 5. The predicted octanol–water partition coefficient (Wildman–Crippen LogP) is 3.77. The number of nitrogens with zero attached hydrogens (tertiary/aromatic N) is 1. The number of benzene rings is 1. The van der Waals surface area contributed by atoms with Crippen molar-refractivity contribution in [1.82, 2.24) is 10.3 Å². The third kappa shape index (κ3) is 4.21. The first kappa shape index (κ1) is 16.3. The molecule has 1 amide bonds. The number of halogens is 1. The maximum atomic E-state index is 12.4. The molecule has 1 aromatic carbocycles. The lowest BCUT2D eigenvalue weighted by Crippen LogP contribution is -2.47. The number of aromatic nitrogens is 1. The number of carbonyl (C=O) groups excluding carboxylic acids is 1. The summed E-state index contributed by atoms with van der Waals surface area (Å²) in [7, 11) is 0. The van der Waals surface area contributed by atoms with Crippen LogP contribution in [-0.4, -0.2) is 16.5 Å². The van der Waals surface area contributed by atoms with Crippen molar-refractivity contribution >= 4 is 17.5 Å². The number of nitrogens with one attached hydrogen (secondary N) is 1. The van der Waals surface area contributed by atoms with Gasteiger partial charge in [-0.05, 0) is 62.7 Å². The molecule has 0 saturated carbocycles. The number of pyridine rings is 1. The fourth-order valence-electron chi connectivity index (χ4n) is 1.95. The zero-order valence-corrected chi connectivity index (χ0v) is 13.6. The molecule has 1 aromatic heterocycles. The maximum absolute atomic E-state index is 12.4. The predicted molar refractivity (Wildman–Crippen MR) is 87.0 cm³/mol. The lowest BCUT2D eigenvalue weighted by Gasteiger charge is -2.27. The molecule has 0 aliphatic rings. The summed E-state index contributed by atoms with van der Waals surface area (Å²) >= 11 is 5.84. The molecule has 0 fully saturated rings. The van der Waals surface area contributed by atoms with Crippen molar-refractivity contribution in [1.29, 1.82) is 0 Å². The largest absolute Gasteiger partial charge is 0.478 e. The van der Waals surface area contributed by atoms with Gasteiger partial charge in [0.05, 0.1) is 6.04 Å². The van der Waals surface area contributed by atoms with Crippen LogP contribution in [0.3, 0.4) is 0 Å². The van der Waals surface area contributed by atoms with Crippen molar-refractivity contribution in [2.24, 2.45) is 0 Å². The molecule has 0 spiro atoms. The Bertz CT molecular complexity index is 627. The molecule has 4 nitrogen and oxygen atoms in total. The second kappa shape index (κ2) is 6.79. The van der Waals surface area contributed by atoms with Crippen LogP contribution in [0.4, 0.5) is 0 Å². The average molecular weight is 319 g/mol. The summed E-state index contributed by atoms with van der Waals surface area (Å²) < 4.78 is 5.77. The van der Waals surface area contributed by atoms with Gasteiger partial charge in [-0.25, -0.2) is 0 Å². The van der Waals surface area contributed by atoms with Crippen molar-refractivity contribution in [3.05, 3.63) is 59.4 Å². The fourth-order valence-corrected chi connectivity index (χ4v) is 2.08. The summed E-state index contributed by atoms with van der Waals surface area (Å²) in [5.74, 6) is 0.410. The minimum atomic E-state index is -0.991. The van der Waals surface area contributed by atoms with Crippen molar-refractivity contribution in [3.63, 3.8) is 0 Å². The Labute approximate surface area is 135 Å². The lowest BCUT2D eigenvalue weighted by molar-refractivity contribution is -0.134. The smallest absolute Gasteiger partial charge is 0.264 e. The van der Waals surface area contributed by atoms with Crippen LogP contribution in [0.15, 0.2) is 48.8 Å². The zero-order valence-electron chi connectivity index (χ0n) is 12.8. The van der Waals surface area contributed by atoms with E-state index in [1.54, 1.807) is 50.5 Å². The number of hydrogen-bond donors (Lipinski definition) is 1. The van der Waals surface area contributed by atoms with Gasteiger partial charge in [-0.2, -0.15) is 0 Å². The third-order valence-electron chi connectivity index (χ3n) is 3.29. The maximum Gasteiger partial charge on any atom is 0.264 e. The second-order valence-corrected chi connectivity index (χ2v) is 5.98. The third-order valence-corrected chi connectivity index (χ3v) is 3.54. The van der Waals surface area contributed by atoms with Crippen LogP contribution >= 0.6 is 11.6 Å². The molecule has 1 atom stereocenters. The molecular weight excluding hydrogens is 300 g/mol. The first-order chi connectivity index (χ1) is 10.4. The van der Waals surface area contributed by atoms with E-state index in [9.17, 15) is 4.79 Å². The van der Waals surface area contributed by atoms with Gasteiger partial charge in [-0.15, -0.1) is 0 Å². The molecule has 5 heteroatoms. The van der Waals surface area contributed by atoms with Crippen molar-refractivity contribution in [2.75, 3.05) is 0 Å². The van der Waals surface area contributed by atoms with E-state index in [4.69, 9.17) is 16.3 Å². The average Bonchev–Trinajstić information content (AvgIpc) is 2.50. The minimum Gasteiger partial charge on any atom is -0.478 e. The highest BCUT2D eigenvalue weighted by Crippen LogP contribution is 2.22. The molecule has 2 rings (SSSR count). The highest BCUT2D eigenvalue weighted by atomic mass is 35.5. The summed E-state index contributed by atoms with van der Waals surface area (Å²) in [6.45, 7) is 5.39. The van der Waals surface area contributed by atoms with Crippen LogP contribution in [0.2, 0.25) is 5.02 Å². The van der Waals surface area contributed by atoms with E-state index in [1.807, 2.05) is 19.1 Å². The number of amides is 1.